The summed E-state index contributed by atoms with van der Waals surface area (Å²) in [6.07, 6.45) is -1.15. The lowest BCUT2D eigenvalue weighted by Gasteiger charge is -2.26. The highest BCUT2D eigenvalue weighted by atomic mass is 28.3. The third kappa shape index (κ3) is 7.60. The third-order valence-electron chi connectivity index (χ3n) is 5.88. The summed E-state index contributed by atoms with van der Waals surface area (Å²) in [5.41, 5.74) is 3.96. The Kier molecular flexibility index (Phi) is 9.19. The van der Waals surface area contributed by atoms with E-state index in [2.05, 4.69) is 39.3 Å². The van der Waals surface area contributed by atoms with Gasteiger partial charge in [-0.15, -0.1) is 22.9 Å². The van der Waals surface area contributed by atoms with Crippen molar-refractivity contribution in [2.45, 2.75) is 53.2 Å². The van der Waals surface area contributed by atoms with Gasteiger partial charge in [0.05, 0.1) is 11.1 Å². The maximum absolute atomic E-state index is 12.5. The number of hydrogen-bond donors (Lipinski definition) is 0. The zero-order valence-electron chi connectivity index (χ0n) is 21.7. The first-order valence-electron chi connectivity index (χ1n) is 11.4. The average Bonchev–Trinajstić information content (AvgIpc) is 2.83. The first-order chi connectivity index (χ1) is 16.2. The van der Waals surface area contributed by atoms with E-state index in [4.69, 9.17) is 19.6 Å². The van der Waals surface area contributed by atoms with Crippen molar-refractivity contribution in [3.63, 3.8) is 0 Å². The van der Waals surface area contributed by atoms with Gasteiger partial charge in [-0.25, -0.2) is 9.59 Å². The molecular weight excluding hydrogens is 476 g/mol. The van der Waals surface area contributed by atoms with Crippen molar-refractivity contribution in [2.75, 3.05) is 0 Å². The van der Waals surface area contributed by atoms with Crippen molar-refractivity contribution in [2.24, 2.45) is 5.41 Å². The molecule has 0 aromatic heterocycles. The van der Waals surface area contributed by atoms with Crippen LogP contribution >= 0.6 is 0 Å². The Balaban J connectivity index is 2.00. The highest BCUT2D eigenvalue weighted by Crippen LogP contribution is 2.24. The van der Waals surface area contributed by atoms with Crippen molar-refractivity contribution in [1.82, 2.24) is 0 Å². The van der Waals surface area contributed by atoms with Crippen LogP contribution in [-0.2, 0) is 19.6 Å². The molecule has 0 amide bonds. The van der Waals surface area contributed by atoms with Gasteiger partial charge in [-0.3, -0.25) is 9.78 Å². The summed E-state index contributed by atoms with van der Waals surface area (Å²) >= 11 is 0. The van der Waals surface area contributed by atoms with Crippen molar-refractivity contribution in [3.8, 4) is 0 Å². The molecule has 0 bridgehead atoms. The Morgan fingerprint density at radius 3 is 1.29 bits per heavy atom. The second kappa shape index (κ2) is 11.3. The zero-order chi connectivity index (χ0) is 26.4. The van der Waals surface area contributed by atoms with Crippen LogP contribution in [0, 0.1) is 5.41 Å². The fraction of sp³-hybridized carbons (Fsp3) is 0.333. The van der Waals surface area contributed by atoms with Gasteiger partial charge in [-0.2, -0.15) is 0 Å². The second-order valence-electron chi connectivity index (χ2n) is 10.6. The lowest BCUT2D eigenvalue weighted by atomic mass is 9.96. The molecule has 0 saturated carbocycles. The molecule has 2 aromatic rings. The molecule has 0 unspecified atom stereocenters. The molecule has 188 valence electrons. The normalized spacial score (nSPS) is 12.2. The first kappa shape index (κ1) is 28.5. The van der Waals surface area contributed by atoms with Crippen LogP contribution in [0.1, 0.15) is 41.5 Å². The molecule has 2 rings (SSSR count). The molecular formula is C27H36O6Si2. The van der Waals surface area contributed by atoms with E-state index >= 15 is 0 Å². The number of carbonyl (C=O) groups excluding carboxylic acids is 2. The van der Waals surface area contributed by atoms with Crippen LogP contribution in [0.2, 0.25) is 26.2 Å². The van der Waals surface area contributed by atoms with E-state index in [-0.39, 0.29) is 0 Å². The Hall–Kier alpha value is -2.79. The molecule has 8 heteroatoms. The molecule has 6 nitrogen and oxygen atoms in total. The summed E-state index contributed by atoms with van der Waals surface area (Å²) in [4.78, 5) is 45.5. The number of rotatable bonds is 10. The summed E-state index contributed by atoms with van der Waals surface area (Å²) in [6.45, 7) is 21.9. The predicted octanol–water partition coefficient (Wildman–Crippen LogP) is 5.22. The molecule has 0 aliphatic carbocycles. The summed E-state index contributed by atoms with van der Waals surface area (Å²) < 4.78 is 0. The molecule has 0 N–H and O–H groups in total. The highest BCUT2D eigenvalue weighted by molar-refractivity contribution is 6.94. The van der Waals surface area contributed by atoms with E-state index in [0.29, 0.717) is 11.1 Å². The second-order valence-corrected chi connectivity index (χ2v) is 19.5. The predicted molar refractivity (Wildman–Crippen MR) is 144 cm³/mol. The minimum atomic E-state index is -1.73. The molecule has 0 aliphatic heterocycles. The number of hydrogen-bond acceptors (Lipinski definition) is 6. The van der Waals surface area contributed by atoms with Crippen LogP contribution in [0.15, 0.2) is 73.1 Å². The van der Waals surface area contributed by atoms with Crippen LogP contribution in [0.4, 0.5) is 0 Å². The third-order valence-corrected chi connectivity index (χ3v) is 11.6. The van der Waals surface area contributed by atoms with Gasteiger partial charge in [0, 0.05) is 5.41 Å². The Morgan fingerprint density at radius 1 is 0.714 bits per heavy atom. The van der Waals surface area contributed by atoms with Crippen molar-refractivity contribution >= 4 is 38.5 Å². The molecule has 0 saturated heterocycles. The van der Waals surface area contributed by atoms with Gasteiger partial charge in [0.2, 0.25) is 0 Å². The highest BCUT2D eigenvalue weighted by Gasteiger charge is 2.32. The Bertz CT molecular complexity index is 971. The van der Waals surface area contributed by atoms with Crippen LogP contribution in [0.25, 0.3) is 0 Å². The molecule has 0 radical (unpaired) electrons. The Labute approximate surface area is 210 Å². The van der Waals surface area contributed by atoms with E-state index in [9.17, 15) is 9.59 Å². The van der Waals surface area contributed by atoms with E-state index in [0.717, 1.165) is 10.4 Å². The lowest BCUT2D eigenvalue weighted by Crippen LogP contribution is -2.39. The minimum absolute atomic E-state index is 0.332. The van der Waals surface area contributed by atoms with Crippen LogP contribution in [-0.4, -0.2) is 34.4 Å². The Morgan fingerprint density at radius 2 is 1.03 bits per heavy atom. The van der Waals surface area contributed by atoms with Gasteiger partial charge in [-0.05, 0) is 24.3 Å². The molecule has 0 heterocycles. The summed E-state index contributed by atoms with van der Waals surface area (Å²) in [6, 6.07) is 14.3. The SMILES string of the molecule is C=C[Si](C)(C)c1ccc(C(=O)OOC(OOC(=O)c2ccc([Si](C)(C)C=C)cc2)C(C)(C)C)cc1. The quantitative estimate of drug-likeness (QED) is 0.188. The summed E-state index contributed by atoms with van der Waals surface area (Å²) in [5.74, 6) is -1.35. The van der Waals surface area contributed by atoms with Gasteiger partial charge in [0.1, 0.15) is 16.1 Å². The summed E-state index contributed by atoms with van der Waals surface area (Å²) in [5, 5.41) is 2.30. The zero-order valence-corrected chi connectivity index (χ0v) is 23.7. The fourth-order valence-electron chi connectivity index (χ4n) is 2.88. The average molecular weight is 513 g/mol. The molecule has 0 atom stereocenters. The fourth-order valence-corrected chi connectivity index (χ4v) is 5.41. The van der Waals surface area contributed by atoms with Crippen LogP contribution in [0.3, 0.4) is 0 Å². The van der Waals surface area contributed by atoms with Crippen molar-refractivity contribution in [3.05, 3.63) is 84.2 Å². The van der Waals surface area contributed by atoms with Gasteiger partial charge < -0.3 is 0 Å². The van der Waals surface area contributed by atoms with E-state index in [1.807, 2.05) is 35.7 Å². The summed E-state index contributed by atoms with van der Waals surface area (Å²) in [7, 11) is -3.45. The lowest BCUT2D eigenvalue weighted by molar-refractivity contribution is -0.442. The smallest absolute Gasteiger partial charge is 0.290 e. The molecule has 0 spiro atoms. The number of carbonyl (C=O) groups is 2. The monoisotopic (exact) mass is 512 g/mol. The van der Waals surface area contributed by atoms with Crippen LogP contribution < -0.4 is 10.4 Å². The van der Waals surface area contributed by atoms with Gasteiger partial charge in [-0.1, -0.05) is 93.0 Å². The first-order valence-corrected chi connectivity index (χ1v) is 17.6. The van der Waals surface area contributed by atoms with Crippen molar-refractivity contribution in [1.29, 1.82) is 0 Å². The maximum Gasteiger partial charge on any atom is 0.373 e. The van der Waals surface area contributed by atoms with Gasteiger partial charge in [0.25, 0.3) is 6.29 Å². The molecule has 35 heavy (non-hydrogen) atoms. The standard InChI is InChI=1S/C27H36O6Si2/c1-10-34(6,7)22-16-12-20(13-17-22)24(28)30-32-26(27(3,4)5)33-31-25(29)21-14-18-23(19-15-21)35(8,9)11-2/h10-19,26H,1-2H2,3-9H3. The molecule has 0 fully saturated rings. The van der Waals surface area contributed by atoms with E-state index in [1.54, 1.807) is 45.0 Å². The maximum atomic E-state index is 12.5. The molecule has 2 aromatic carbocycles. The topological polar surface area (TPSA) is 71.1 Å². The minimum Gasteiger partial charge on any atom is -0.290 e. The largest absolute Gasteiger partial charge is 0.373 e. The van der Waals surface area contributed by atoms with E-state index < -0.39 is 39.8 Å². The number of benzene rings is 2. The van der Waals surface area contributed by atoms with Crippen LogP contribution in [0.5, 0.6) is 0 Å². The molecule has 0 aliphatic rings. The van der Waals surface area contributed by atoms with Gasteiger partial charge in [0.15, 0.2) is 0 Å². The van der Waals surface area contributed by atoms with E-state index in [1.165, 1.54) is 0 Å². The van der Waals surface area contributed by atoms with Gasteiger partial charge >= 0.3 is 11.9 Å². The van der Waals surface area contributed by atoms with Crippen molar-refractivity contribution < 1.29 is 29.1 Å².